The van der Waals surface area contributed by atoms with Crippen molar-refractivity contribution in [1.82, 2.24) is 9.66 Å². The van der Waals surface area contributed by atoms with Crippen molar-refractivity contribution in [2.24, 2.45) is 0 Å². The highest BCUT2D eigenvalue weighted by atomic mass is 79.9. The third-order valence-corrected chi connectivity index (χ3v) is 1.21. The molecule has 0 saturated heterocycles. The van der Waals surface area contributed by atoms with Gasteiger partial charge >= 0.3 is 0 Å². The largest absolute Gasteiger partial charge is 0.318 e. The van der Waals surface area contributed by atoms with Crippen LogP contribution in [0.5, 0.6) is 0 Å². The Labute approximate surface area is 76.9 Å². The van der Waals surface area contributed by atoms with Crippen LogP contribution < -0.4 is 5.43 Å². The highest BCUT2D eigenvalue weighted by molar-refractivity contribution is 8.93. The van der Waals surface area contributed by atoms with Gasteiger partial charge in [-0.05, 0) is 6.92 Å². The summed E-state index contributed by atoms with van der Waals surface area (Å²) < 4.78 is 1.80. The van der Waals surface area contributed by atoms with Crippen LogP contribution in [0.4, 0.5) is 0 Å². The topological polar surface area (TPSA) is 29.9 Å². The Hall–Kier alpha value is -0.770. The van der Waals surface area contributed by atoms with Gasteiger partial charge in [0.15, 0.2) is 0 Å². The molecule has 0 fully saturated rings. The Kier molecular flexibility index (Phi) is 4.61. The van der Waals surface area contributed by atoms with Gasteiger partial charge in [0.1, 0.15) is 6.33 Å². The average Bonchev–Trinajstić information content (AvgIpc) is 2.40. The highest BCUT2D eigenvalue weighted by Crippen LogP contribution is 1.86. The number of hydrogen-bond acceptors (Lipinski definition) is 2. The predicted octanol–water partition coefficient (Wildman–Crippen LogP) is 1.58. The van der Waals surface area contributed by atoms with Gasteiger partial charge in [0.05, 0.1) is 6.04 Å². The van der Waals surface area contributed by atoms with E-state index in [1.165, 1.54) is 0 Å². The second-order valence-corrected chi connectivity index (χ2v) is 2.12. The first-order valence-corrected chi connectivity index (χ1v) is 3.20. The minimum Gasteiger partial charge on any atom is -0.318 e. The normalized spacial score (nSPS) is 11.4. The zero-order valence-electron chi connectivity index (χ0n) is 6.40. The van der Waals surface area contributed by atoms with Crippen molar-refractivity contribution in [2.75, 3.05) is 5.43 Å². The number of nitrogens with one attached hydrogen (secondary N) is 1. The van der Waals surface area contributed by atoms with E-state index in [0.29, 0.717) is 0 Å². The van der Waals surface area contributed by atoms with Crippen LogP contribution in [0.15, 0.2) is 31.4 Å². The molecule has 0 aromatic carbocycles. The fourth-order valence-corrected chi connectivity index (χ4v) is 0.623. The summed E-state index contributed by atoms with van der Waals surface area (Å²) in [6.07, 6.45) is 7.11. The number of halogens is 1. The zero-order valence-corrected chi connectivity index (χ0v) is 8.11. The summed E-state index contributed by atoms with van der Waals surface area (Å²) in [6, 6.07) is 0.272. The van der Waals surface area contributed by atoms with Gasteiger partial charge in [0, 0.05) is 12.4 Å². The molecule has 1 aromatic rings. The first kappa shape index (κ1) is 10.2. The van der Waals surface area contributed by atoms with Crippen LogP contribution in [0.3, 0.4) is 0 Å². The second kappa shape index (κ2) is 4.96. The van der Waals surface area contributed by atoms with Gasteiger partial charge < -0.3 is 5.43 Å². The molecule has 0 aliphatic rings. The average molecular weight is 218 g/mol. The number of hydrogen-bond donors (Lipinski definition) is 1. The van der Waals surface area contributed by atoms with Crippen molar-refractivity contribution < 1.29 is 0 Å². The third-order valence-electron chi connectivity index (χ3n) is 1.21. The maximum Gasteiger partial charge on any atom is 0.114 e. The molecule has 1 heterocycles. The van der Waals surface area contributed by atoms with Crippen molar-refractivity contribution in [3.8, 4) is 0 Å². The van der Waals surface area contributed by atoms with Crippen LogP contribution in [0.2, 0.25) is 0 Å². The van der Waals surface area contributed by atoms with Crippen LogP contribution in [0.25, 0.3) is 0 Å². The van der Waals surface area contributed by atoms with Crippen LogP contribution in [0.1, 0.15) is 6.92 Å². The predicted molar refractivity (Wildman–Crippen MR) is 51.6 cm³/mol. The van der Waals surface area contributed by atoms with Gasteiger partial charge in [-0.3, -0.25) is 4.68 Å². The zero-order chi connectivity index (χ0) is 7.40. The SMILES string of the molecule is Br.C=CC(C)Nn1ccnc1. The molecule has 0 radical (unpaired) electrons. The molecule has 1 atom stereocenters. The summed E-state index contributed by atoms with van der Waals surface area (Å²) >= 11 is 0. The molecule has 1 N–H and O–H groups in total. The van der Waals surface area contributed by atoms with Crippen molar-refractivity contribution in [1.29, 1.82) is 0 Å². The number of aromatic nitrogens is 2. The fraction of sp³-hybridized carbons (Fsp3) is 0.286. The van der Waals surface area contributed by atoms with E-state index in [4.69, 9.17) is 0 Å². The van der Waals surface area contributed by atoms with Gasteiger partial charge in [0.25, 0.3) is 0 Å². The third kappa shape index (κ3) is 3.23. The second-order valence-electron chi connectivity index (χ2n) is 2.12. The molecule has 4 heteroatoms. The van der Waals surface area contributed by atoms with Crippen molar-refractivity contribution in [3.05, 3.63) is 31.4 Å². The summed E-state index contributed by atoms with van der Waals surface area (Å²) in [5.74, 6) is 0. The van der Waals surface area contributed by atoms with Crippen molar-refractivity contribution >= 4 is 17.0 Å². The van der Waals surface area contributed by atoms with E-state index in [0.717, 1.165) is 0 Å². The molecule has 3 nitrogen and oxygen atoms in total. The number of imidazole rings is 1. The summed E-state index contributed by atoms with van der Waals surface area (Å²) in [6.45, 7) is 5.67. The van der Waals surface area contributed by atoms with Gasteiger partial charge in [-0.2, -0.15) is 0 Å². The minimum absolute atomic E-state index is 0. The van der Waals surface area contributed by atoms with Crippen LogP contribution in [-0.2, 0) is 0 Å². The summed E-state index contributed by atoms with van der Waals surface area (Å²) in [5.41, 5.74) is 3.11. The lowest BCUT2D eigenvalue weighted by Gasteiger charge is -2.09. The van der Waals surface area contributed by atoms with Gasteiger partial charge in [-0.25, -0.2) is 4.98 Å². The molecular weight excluding hydrogens is 206 g/mol. The van der Waals surface area contributed by atoms with E-state index in [-0.39, 0.29) is 23.0 Å². The van der Waals surface area contributed by atoms with E-state index >= 15 is 0 Å². The maximum absolute atomic E-state index is 3.88. The van der Waals surface area contributed by atoms with E-state index in [9.17, 15) is 0 Å². The monoisotopic (exact) mass is 217 g/mol. The minimum atomic E-state index is 0. The fourth-order valence-electron chi connectivity index (χ4n) is 0.623. The quantitative estimate of drug-likeness (QED) is 0.780. The van der Waals surface area contributed by atoms with E-state index in [1.807, 2.05) is 19.2 Å². The first-order valence-electron chi connectivity index (χ1n) is 3.20. The lowest BCUT2D eigenvalue weighted by atomic mass is 10.4. The molecule has 1 aromatic heterocycles. The number of rotatable bonds is 3. The molecule has 1 unspecified atom stereocenters. The van der Waals surface area contributed by atoms with Crippen LogP contribution in [0, 0.1) is 0 Å². The summed E-state index contributed by atoms with van der Waals surface area (Å²) in [4.78, 5) is 3.88. The Morgan fingerprint density at radius 1 is 1.73 bits per heavy atom. The molecule has 11 heavy (non-hydrogen) atoms. The smallest absolute Gasteiger partial charge is 0.114 e. The Morgan fingerprint density at radius 3 is 2.91 bits per heavy atom. The molecule has 0 aliphatic heterocycles. The molecule has 0 saturated carbocycles. The van der Waals surface area contributed by atoms with Gasteiger partial charge in [-0.15, -0.1) is 23.6 Å². The Morgan fingerprint density at radius 2 is 2.45 bits per heavy atom. The molecule has 1 rings (SSSR count). The molecule has 0 amide bonds. The Balaban J connectivity index is 0.000001000. The summed E-state index contributed by atoms with van der Waals surface area (Å²) in [5, 5.41) is 0. The highest BCUT2D eigenvalue weighted by Gasteiger charge is 1.91. The van der Waals surface area contributed by atoms with E-state index in [2.05, 4.69) is 17.0 Å². The van der Waals surface area contributed by atoms with Crippen LogP contribution in [-0.4, -0.2) is 15.7 Å². The molecule has 0 aliphatic carbocycles. The summed E-state index contributed by atoms with van der Waals surface area (Å²) in [7, 11) is 0. The Bertz CT molecular complexity index is 195. The lowest BCUT2D eigenvalue weighted by molar-refractivity contribution is 0.783. The molecule has 0 spiro atoms. The van der Waals surface area contributed by atoms with Crippen molar-refractivity contribution in [2.45, 2.75) is 13.0 Å². The maximum atomic E-state index is 3.88. The van der Waals surface area contributed by atoms with Crippen molar-refractivity contribution in [3.63, 3.8) is 0 Å². The van der Waals surface area contributed by atoms with Crippen LogP contribution >= 0.6 is 17.0 Å². The number of nitrogens with zero attached hydrogens (tertiary/aromatic N) is 2. The molecule has 62 valence electrons. The van der Waals surface area contributed by atoms with Gasteiger partial charge in [-0.1, -0.05) is 6.08 Å². The lowest BCUT2D eigenvalue weighted by Crippen LogP contribution is -2.21. The molecular formula is C7H12BrN3. The first-order chi connectivity index (χ1) is 4.83. The van der Waals surface area contributed by atoms with E-state index < -0.39 is 0 Å². The van der Waals surface area contributed by atoms with E-state index in [1.54, 1.807) is 17.2 Å². The molecule has 0 bridgehead atoms. The van der Waals surface area contributed by atoms with Gasteiger partial charge in [0.2, 0.25) is 0 Å². The standard InChI is InChI=1S/C7H11N3.BrH/c1-3-7(2)9-10-5-4-8-6-10;/h3-7,9H,1H2,2H3;1H.